The molecule has 9 aromatic rings. The van der Waals surface area contributed by atoms with E-state index in [2.05, 4.69) is 48.9 Å². The van der Waals surface area contributed by atoms with Crippen LogP contribution in [0.15, 0.2) is 206 Å². The molecule has 0 unspecified atom stereocenters. The van der Waals surface area contributed by atoms with Crippen LogP contribution in [0.2, 0.25) is 5.02 Å². The van der Waals surface area contributed by atoms with Gasteiger partial charge in [-0.25, -0.2) is 0 Å². The molecule has 12 nitrogen and oxygen atoms in total. The van der Waals surface area contributed by atoms with Gasteiger partial charge in [0, 0.05) is 42.9 Å². The minimum absolute atomic E-state index is 0.00330. The average molecular weight is 1030 g/mol. The lowest BCUT2D eigenvalue weighted by atomic mass is 9.87. The van der Waals surface area contributed by atoms with Crippen molar-refractivity contribution >= 4 is 28.7 Å². The van der Waals surface area contributed by atoms with Gasteiger partial charge in [-0.15, -0.1) is 0 Å². The van der Waals surface area contributed by atoms with Crippen LogP contribution in [0.4, 0.5) is 17.1 Å². The molecule has 384 valence electrons. The Labute approximate surface area is 442 Å². The molecule has 9 aromatic carbocycles. The van der Waals surface area contributed by atoms with Gasteiger partial charge in [-0.3, -0.25) is 0 Å². The number of benzene rings is 9. The molecule has 0 fully saturated rings. The van der Waals surface area contributed by atoms with Crippen molar-refractivity contribution in [1.29, 1.82) is 0 Å². The van der Waals surface area contributed by atoms with Crippen molar-refractivity contribution in [2.24, 2.45) is 0 Å². The largest absolute Gasteiger partial charge is 0.508 e. The molecule has 0 aliphatic rings. The number of anilines is 3. The second-order valence-corrected chi connectivity index (χ2v) is 18.8. The summed E-state index contributed by atoms with van der Waals surface area (Å²) in [6, 6.07) is 62.0. The van der Waals surface area contributed by atoms with Crippen molar-refractivity contribution in [2.75, 3.05) is 16.0 Å². The fraction of sp³-hybridized carbons (Fsp3) is 0.129. The van der Waals surface area contributed by atoms with Crippen molar-refractivity contribution in [3.05, 3.63) is 239 Å². The Bertz CT molecular complexity index is 3240. The molecule has 0 aliphatic carbocycles. The zero-order chi connectivity index (χ0) is 53.2. The van der Waals surface area contributed by atoms with Crippen molar-refractivity contribution < 1.29 is 44.8 Å². The normalized spacial score (nSPS) is 10.7. The van der Waals surface area contributed by atoms with Crippen LogP contribution in [0.1, 0.15) is 48.6 Å². The third-order valence-electron chi connectivity index (χ3n) is 11.3. The second kappa shape index (κ2) is 26.0. The SMILES string of the molecule is CC(C)(C)c1ccc(Oc2cccc(CNc3ccc(O)cc3O)c2)cc1.Oc1ccc(NCc2cccc(OCc3ccccc3)c2)c(O)c1.Oc1ccc(NCc2cccc(Oc3ccc(Cl)cc3)c2)c(O)c1. The van der Waals surface area contributed by atoms with Gasteiger partial charge in [0.2, 0.25) is 0 Å². The molecule has 0 saturated carbocycles. The first kappa shape index (κ1) is 53.7. The van der Waals surface area contributed by atoms with Crippen molar-refractivity contribution in [3.8, 4) is 63.2 Å². The minimum Gasteiger partial charge on any atom is -0.508 e. The highest BCUT2D eigenvalue weighted by Gasteiger charge is 2.13. The maximum atomic E-state index is 9.85. The third kappa shape index (κ3) is 17.3. The molecular weight excluding hydrogens is 966 g/mol. The van der Waals surface area contributed by atoms with Crippen molar-refractivity contribution in [1.82, 2.24) is 0 Å². The van der Waals surface area contributed by atoms with Crippen LogP contribution in [0.3, 0.4) is 0 Å². The van der Waals surface area contributed by atoms with E-state index in [0.29, 0.717) is 59.8 Å². The molecule has 0 heterocycles. The highest BCUT2D eigenvalue weighted by Crippen LogP contribution is 2.32. The summed E-state index contributed by atoms with van der Waals surface area (Å²) in [5.74, 6) is 3.91. The highest BCUT2D eigenvalue weighted by atomic mass is 35.5. The second-order valence-electron chi connectivity index (χ2n) is 18.3. The van der Waals surface area contributed by atoms with E-state index >= 15 is 0 Å². The van der Waals surface area contributed by atoms with Gasteiger partial charge >= 0.3 is 0 Å². The maximum absolute atomic E-state index is 9.85. The first-order chi connectivity index (χ1) is 36.1. The van der Waals surface area contributed by atoms with E-state index in [1.165, 1.54) is 42.0 Å². The van der Waals surface area contributed by atoms with E-state index in [9.17, 15) is 30.6 Å². The predicted molar refractivity (Wildman–Crippen MR) is 298 cm³/mol. The standard InChI is InChI=1S/C23H25NO3.C20H19NO3.C19H16ClNO3/c1-23(2,3)17-7-10-19(11-8-17)27-20-6-4-5-16(13-20)15-24-21-12-9-18(25)14-22(21)26;22-17-9-10-19(20(23)12-17)21-13-16-7-4-8-18(11-16)24-14-15-5-2-1-3-6-15;20-14-4-7-16(8-5-14)24-17-3-1-2-13(10-17)12-21-18-9-6-15(22)11-19(18)23/h4-14,24-26H,15H2,1-3H3;1-12,21-23H,13-14H2;1-11,21-23H,12H2. The van der Waals surface area contributed by atoms with Crippen molar-refractivity contribution in [3.63, 3.8) is 0 Å². The van der Waals surface area contributed by atoms with E-state index in [4.69, 9.17) is 25.8 Å². The molecule has 0 spiro atoms. The number of halogens is 1. The number of ether oxygens (including phenoxy) is 3. The fourth-order valence-corrected chi connectivity index (χ4v) is 7.45. The number of hydrogen-bond donors (Lipinski definition) is 9. The van der Waals surface area contributed by atoms with E-state index in [0.717, 1.165) is 39.5 Å². The Balaban J connectivity index is 0.000000164. The first-order valence-electron chi connectivity index (χ1n) is 24.0. The van der Waals surface area contributed by atoms with Crippen LogP contribution in [-0.4, -0.2) is 30.6 Å². The molecule has 0 atom stereocenters. The number of phenolic OH excluding ortho intramolecular Hbond substituents is 6. The highest BCUT2D eigenvalue weighted by molar-refractivity contribution is 6.30. The molecule has 0 amide bonds. The summed E-state index contributed by atoms with van der Waals surface area (Å²) < 4.78 is 17.6. The lowest BCUT2D eigenvalue weighted by molar-refractivity contribution is 0.306. The predicted octanol–water partition coefficient (Wildman–Crippen LogP) is 15.2. The van der Waals surface area contributed by atoms with Crippen molar-refractivity contribution in [2.45, 2.75) is 52.4 Å². The number of aromatic hydroxyl groups is 6. The van der Waals surface area contributed by atoms with Gasteiger partial charge in [0.05, 0.1) is 17.1 Å². The average Bonchev–Trinajstić information content (AvgIpc) is 3.39. The topological polar surface area (TPSA) is 185 Å². The van der Waals surface area contributed by atoms with Gasteiger partial charge in [0.25, 0.3) is 0 Å². The molecule has 0 aromatic heterocycles. The third-order valence-corrected chi connectivity index (χ3v) is 11.6. The van der Waals surface area contributed by atoms with E-state index in [1.807, 2.05) is 127 Å². The molecule has 75 heavy (non-hydrogen) atoms. The van der Waals surface area contributed by atoms with Crippen LogP contribution >= 0.6 is 11.6 Å². The van der Waals surface area contributed by atoms with Crippen LogP contribution < -0.4 is 30.2 Å². The summed E-state index contributed by atoms with van der Waals surface area (Å²) in [5, 5.41) is 67.5. The Morgan fingerprint density at radius 2 is 0.747 bits per heavy atom. The Hall–Kier alpha value is -9.13. The molecule has 0 aliphatic heterocycles. The van der Waals surface area contributed by atoms with E-state index < -0.39 is 0 Å². The van der Waals surface area contributed by atoms with Crippen LogP contribution in [0.5, 0.6) is 63.2 Å². The lowest BCUT2D eigenvalue weighted by Gasteiger charge is -2.19. The van der Waals surface area contributed by atoms with Gasteiger partial charge in [-0.1, -0.05) is 111 Å². The molecule has 9 rings (SSSR count). The first-order valence-corrected chi connectivity index (χ1v) is 24.4. The Morgan fingerprint density at radius 1 is 0.373 bits per heavy atom. The number of nitrogens with one attached hydrogen (secondary N) is 3. The van der Waals surface area contributed by atoms with Crippen LogP contribution in [0.25, 0.3) is 0 Å². The van der Waals surface area contributed by atoms with Gasteiger partial charge in [0.15, 0.2) is 0 Å². The van der Waals surface area contributed by atoms with Gasteiger partial charge < -0.3 is 60.8 Å². The molecule has 0 radical (unpaired) electrons. The van der Waals surface area contributed by atoms with Crippen LogP contribution in [-0.2, 0) is 31.7 Å². The lowest BCUT2D eigenvalue weighted by Crippen LogP contribution is -2.10. The summed E-state index contributed by atoms with van der Waals surface area (Å²) in [4.78, 5) is 0. The fourth-order valence-electron chi connectivity index (χ4n) is 7.32. The van der Waals surface area contributed by atoms with E-state index in [-0.39, 0.29) is 39.9 Å². The summed E-state index contributed by atoms with van der Waals surface area (Å²) >= 11 is 5.86. The van der Waals surface area contributed by atoms with Gasteiger partial charge in [0.1, 0.15) is 69.9 Å². The molecule has 13 heteroatoms. The zero-order valence-electron chi connectivity index (χ0n) is 41.7. The maximum Gasteiger partial charge on any atom is 0.142 e. The van der Waals surface area contributed by atoms with E-state index in [1.54, 1.807) is 30.3 Å². The number of phenols is 6. The summed E-state index contributed by atoms with van der Waals surface area (Å²) in [6.45, 7) is 8.66. The molecular formula is C62H60ClN3O9. The van der Waals surface area contributed by atoms with Gasteiger partial charge in [-0.2, -0.15) is 0 Å². The van der Waals surface area contributed by atoms with Gasteiger partial charge in [-0.05, 0) is 142 Å². The number of rotatable bonds is 16. The van der Waals surface area contributed by atoms with Crippen LogP contribution in [0, 0.1) is 0 Å². The minimum atomic E-state index is 0.00330. The Morgan fingerprint density at radius 3 is 1.15 bits per heavy atom. The molecule has 9 N–H and O–H groups in total. The summed E-state index contributed by atoms with van der Waals surface area (Å²) in [7, 11) is 0. The molecule has 0 saturated heterocycles. The monoisotopic (exact) mass is 1030 g/mol. The smallest absolute Gasteiger partial charge is 0.142 e. The summed E-state index contributed by atoms with van der Waals surface area (Å²) in [5.41, 5.74) is 7.24. The summed E-state index contributed by atoms with van der Waals surface area (Å²) in [6.07, 6.45) is 0. The Kier molecular flexibility index (Phi) is 18.6. The zero-order valence-corrected chi connectivity index (χ0v) is 42.5. The molecule has 0 bridgehead atoms. The quantitative estimate of drug-likeness (QED) is 0.0330. The number of hydrogen-bond acceptors (Lipinski definition) is 12.